The lowest BCUT2D eigenvalue weighted by atomic mass is 10.1. The van der Waals surface area contributed by atoms with Crippen molar-refractivity contribution in [1.29, 1.82) is 0 Å². The van der Waals surface area contributed by atoms with Crippen LogP contribution in [0, 0.1) is 0 Å². The number of carbonyl (C=O) groups is 1. The number of carbonyl (C=O) groups excluding carboxylic acids is 1. The second-order valence-electron chi connectivity index (χ2n) is 5.26. The molecule has 0 radical (unpaired) electrons. The summed E-state index contributed by atoms with van der Waals surface area (Å²) in [5.74, 6) is 0.251. The Labute approximate surface area is 99.2 Å². The van der Waals surface area contributed by atoms with Crippen LogP contribution in [0.25, 0.3) is 0 Å². The third-order valence-electron chi connectivity index (χ3n) is 3.16. The van der Waals surface area contributed by atoms with Gasteiger partial charge in [0.05, 0.1) is 6.54 Å². The van der Waals surface area contributed by atoms with Crippen molar-refractivity contribution in [2.75, 3.05) is 40.3 Å². The van der Waals surface area contributed by atoms with Gasteiger partial charge in [-0.1, -0.05) is 0 Å². The van der Waals surface area contributed by atoms with Gasteiger partial charge in [0.1, 0.15) is 0 Å². The second kappa shape index (κ2) is 5.64. The van der Waals surface area contributed by atoms with Crippen molar-refractivity contribution in [1.82, 2.24) is 14.7 Å². The van der Waals surface area contributed by atoms with Crippen LogP contribution in [0.1, 0.15) is 20.8 Å². The molecule has 1 rings (SSSR count). The molecule has 4 heteroatoms. The minimum atomic E-state index is 0.251. The van der Waals surface area contributed by atoms with Crippen LogP contribution in [0.15, 0.2) is 0 Å². The van der Waals surface area contributed by atoms with E-state index in [1.54, 1.807) is 0 Å². The highest BCUT2D eigenvalue weighted by molar-refractivity contribution is 5.78. The van der Waals surface area contributed by atoms with Crippen molar-refractivity contribution >= 4 is 5.91 Å². The van der Waals surface area contributed by atoms with Gasteiger partial charge in [0.2, 0.25) is 5.91 Å². The van der Waals surface area contributed by atoms with Crippen molar-refractivity contribution in [3.63, 3.8) is 0 Å². The molecule has 0 aromatic rings. The summed E-state index contributed by atoms with van der Waals surface area (Å²) in [4.78, 5) is 18.3. The van der Waals surface area contributed by atoms with E-state index in [2.05, 4.69) is 25.7 Å². The molecule has 94 valence electrons. The van der Waals surface area contributed by atoms with E-state index in [1.807, 2.05) is 23.9 Å². The van der Waals surface area contributed by atoms with Crippen molar-refractivity contribution in [3.8, 4) is 0 Å². The Hall–Kier alpha value is -0.610. The highest BCUT2D eigenvalue weighted by Crippen LogP contribution is 2.12. The van der Waals surface area contributed by atoms with Gasteiger partial charge in [-0.05, 0) is 34.9 Å². The molecule has 0 saturated carbocycles. The molecule has 0 bridgehead atoms. The van der Waals surface area contributed by atoms with Gasteiger partial charge in [-0.15, -0.1) is 0 Å². The van der Waals surface area contributed by atoms with Crippen LogP contribution in [0.3, 0.4) is 0 Å². The molecule has 0 aliphatic carbocycles. The number of hydrogen-bond acceptors (Lipinski definition) is 3. The quantitative estimate of drug-likeness (QED) is 0.702. The molecule has 1 saturated heterocycles. The first-order chi connectivity index (χ1) is 7.41. The summed E-state index contributed by atoms with van der Waals surface area (Å²) in [6, 6.07) is 0.914. The highest BCUT2D eigenvalue weighted by atomic mass is 16.2. The number of rotatable bonds is 3. The van der Waals surface area contributed by atoms with E-state index in [0.29, 0.717) is 18.6 Å². The topological polar surface area (TPSA) is 26.8 Å². The molecule has 1 amide bonds. The van der Waals surface area contributed by atoms with Crippen LogP contribution < -0.4 is 0 Å². The summed E-state index contributed by atoms with van der Waals surface area (Å²) in [6.07, 6.45) is 0. The number of nitrogens with zero attached hydrogens (tertiary/aromatic N) is 3. The van der Waals surface area contributed by atoms with Gasteiger partial charge in [0.15, 0.2) is 0 Å². The first-order valence-corrected chi connectivity index (χ1v) is 6.10. The predicted octanol–water partition coefficient (Wildman–Crippen LogP) is 0.489. The number of piperazine rings is 1. The third-order valence-corrected chi connectivity index (χ3v) is 3.16. The largest absolute Gasteiger partial charge is 0.336 e. The molecule has 1 heterocycles. The standard InChI is InChI=1S/C12H25N3O/c1-10(2)14-6-7-15(11(3)8-14)12(16)9-13(4)5/h10-11H,6-9H2,1-5H3. The van der Waals surface area contributed by atoms with E-state index in [1.165, 1.54) is 0 Å². The Bertz CT molecular complexity index is 240. The Morgan fingerprint density at radius 3 is 2.44 bits per heavy atom. The molecule has 1 aliphatic rings. The maximum atomic E-state index is 12.0. The number of amides is 1. The SMILES string of the molecule is CC(C)N1CCN(C(=O)CN(C)C)C(C)C1. The van der Waals surface area contributed by atoms with Crippen molar-refractivity contribution in [2.24, 2.45) is 0 Å². The normalized spacial score (nSPS) is 23.2. The van der Waals surface area contributed by atoms with Crippen LogP contribution in [-0.4, -0.2) is 73.0 Å². The predicted molar refractivity (Wildman–Crippen MR) is 66.4 cm³/mol. The molecule has 0 aromatic heterocycles. The monoisotopic (exact) mass is 227 g/mol. The molecule has 1 fully saturated rings. The van der Waals surface area contributed by atoms with E-state index in [4.69, 9.17) is 0 Å². The molecule has 0 aromatic carbocycles. The van der Waals surface area contributed by atoms with Crippen LogP contribution in [0.5, 0.6) is 0 Å². The Balaban J connectivity index is 2.50. The van der Waals surface area contributed by atoms with Gasteiger partial charge >= 0.3 is 0 Å². The summed E-state index contributed by atoms with van der Waals surface area (Å²) >= 11 is 0. The van der Waals surface area contributed by atoms with Crippen LogP contribution in [0.4, 0.5) is 0 Å². The smallest absolute Gasteiger partial charge is 0.237 e. The second-order valence-corrected chi connectivity index (χ2v) is 5.26. The van der Waals surface area contributed by atoms with Gasteiger partial charge in [0, 0.05) is 31.7 Å². The lowest BCUT2D eigenvalue weighted by molar-refractivity contribution is -0.136. The fourth-order valence-electron chi connectivity index (χ4n) is 2.19. The van der Waals surface area contributed by atoms with Gasteiger partial charge in [-0.25, -0.2) is 0 Å². The lowest BCUT2D eigenvalue weighted by Gasteiger charge is -2.42. The summed E-state index contributed by atoms with van der Waals surface area (Å²) in [5, 5.41) is 0. The summed E-state index contributed by atoms with van der Waals surface area (Å²) in [5.41, 5.74) is 0. The van der Waals surface area contributed by atoms with Gasteiger partial charge in [-0.3, -0.25) is 9.69 Å². The fourth-order valence-corrected chi connectivity index (χ4v) is 2.19. The number of hydrogen-bond donors (Lipinski definition) is 0. The molecule has 1 atom stereocenters. The molecule has 16 heavy (non-hydrogen) atoms. The molecule has 1 aliphatic heterocycles. The molecular weight excluding hydrogens is 202 g/mol. The highest BCUT2D eigenvalue weighted by Gasteiger charge is 2.28. The number of likely N-dealkylation sites (N-methyl/N-ethyl adjacent to an activating group) is 1. The summed E-state index contributed by atoms with van der Waals surface area (Å²) < 4.78 is 0. The Kier molecular flexibility index (Phi) is 4.74. The zero-order chi connectivity index (χ0) is 12.3. The van der Waals surface area contributed by atoms with Crippen LogP contribution >= 0.6 is 0 Å². The zero-order valence-electron chi connectivity index (χ0n) is 11.2. The minimum Gasteiger partial charge on any atom is -0.336 e. The van der Waals surface area contributed by atoms with E-state index >= 15 is 0 Å². The summed E-state index contributed by atoms with van der Waals surface area (Å²) in [7, 11) is 3.87. The Morgan fingerprint density at radius 1 is 1.38 bits per heavy atom. The van der Waals surface area contributed by atoms with Crippen LogP contribution in [-0.2, 0) is 4.79 Å². The molecule has 1 unspecified atom stereocenters. The first kappa shape index (κ1) is 13.5. The van der Waals surface area contributed by atoms with Gasteiger partial charge < -0.3 is 9.80 Å². The minimum absolute atomic E-state index is 0.251. The van der Waals surface area contributed by atoms with Gasteiger partial charge in [-0.2, -0.15) is 0 Å². The molecule has 0 spiro atoms. The van der Waals surface area contributed by atoms with E-state index in [9.17, 15) is 4.79 Å². The third kappa shape index (κ3) is 3.46. The average Bonchev–Trinajstić information content (AvgIpc) is 2.15. The molecular formula is C12H25N3O. The van der Waals surface area contributed by atoms with Crippen molar-refractivity contribution in [2.45, 2.75) is 32.9 Å². The molecule has 0 N–H and O–H groups in total. The maximum Gasteiger partial charge on any atom is 0.237 e. The van der Waals surface area contributed by atoms with Crippen LogP contribution in [0.2, 0.25) is 0 Å². The van der Waals surface area contributed by atoms with E-state index in [0.717, 1.165) is 19.6 Å². The van der Waals surface area contributed by atoms with E-state index in [-0.39, 0.29) is 5.91 Å². The summed E-state index contributed by atoms with van der Waals surface area (Å²) in [6.45, 7) is 9.95. The van der Waals surface area contributed by atoms with Crippen molar-refractivity contribution < 1.29 is 4.79 Å². The fraction of sp³-hybridized carbons (Fsp3) is 0.917. The molecule has 4 nitrogen and oxygen atoms in total. The van der Waals surface area contributed by atoms with Crippen molar-refractivity contribution in [3.05, 3.63) is 0 Å². The lowest BCUT2D eigenvalue weighted by Crippen LogP contribution is -2.56. The maximum absolute atomic E-state index is 12.0. The average molecular weight is 227 g/mol. The van der Waals surface area contributed by atoms with E-state index < -0.39 is 0 Å². The first-order valence-electron chi connectivity index (χ1n) is 6.10. The van der Waals surface area contributed by atoms with Gasteiger partial charge in [0.25, 0.3) is 0 Å². The zero-order valence-corrected chi connectivity index (χ0v) is 11.2. The Morgan fingerprint density at radius 2 is 2.00 bits per heavy atom.